The Morgan fingerprint density at radius 3 is 2.52 bits per heavy atom. The first-order chi connectivity index (χ1) is 10.1. The summed E-state index contributed by atoms with van der Waals surface area (Å²) in [4.78, 5) is 30.3. The Kier molecular flexibility index (Phi) is 3.29. The van der Waals surface area contributed by atoms with Gasteiger partial charge >= 0.3 is 0 Å². The second-order valence-electron chi connectivity index (χ2n) is 5.28. The molecule has 0 atom stereocenters. The fourth-order valence-electron chi connectivity index (χ4n) is 2.75. The van der Waals surface area contributed by atoms with Gasteiger partial charge in [0.15, 0.2) is 0 Å². The van der Waals surface area contributed by atoms with Gasteiger partial charge in [0.2, 0.25) is 0 Å². The number of carbonyl (C=O) groups is 2. The highest BCUT2D eigenvalue weighted by atomic mass is 16.2. The van der Waals surface area contributed by atoms with Crippen LogP contribution >= 0.6 is 0 Å². The Labute approximate surface area is 123 Å². The fraction of sp³-hybridized carbons (Fsp3) is 0.235. The standard InChI is InChI=1S/C17H16N2O2/c1-11-6-7-12(2)15-14(11)16(20)17(21)19(15)10-8-13-5-3-4-9-18-13/h3-7,9H,8,10H2,1-2H3. The third-order valence-electron chi connectivity index (χ3n) is 3.84. The van der Waals surface area contributed by atoms with Crippen LogP contribution in [0.25, 0.3) is 0 Å². The molecule has 3 rings (SSSR count). The van der Waals surface area contributed by atoms with Crippen LogP contribution in [0.2, 0.25) is 0 Å². The van der Waals surface area contributed by atoms with Gasteiger partial charge in [0.05, 0.1) is 11.3 Å². The second kappa shape index (κ2) is 5.13. The minimum atomic E-state index is -0.432. The molecule has 1 aliphatic rings. The predicted octanol–water partition coefficient (Wildman–Crippen LogP) is 2.47. The molecule has 0 saturated heterocycles. The molecule has 0 unspecified atom stereocenters. The second-order valence-corrected chi connectivity index (χ2v) is 5.28. The third kappa shape index (κ3) is 2.23. The zero-order valence-electron chi connectivity index (χ0n) is 12.1. The molecule has 0 saturated carbocycles. The van der Waals surface area contributed by atoms with Crippen LogP contribution in [0.4, 0.5) is 5.69 Å². The Morgan fingerprint density at radius 2 is 1.81 bits per heavy atom. The minimum Gasteiger partial charge on any atom is -0.304 e. The van der Waals surface area contributed by atoms with Gasteiger partial charge in [0, 0.05) is 24.9 Å². The van der Waals surface area contributed by atoms with E-state index in [0.29, 0.717) is 18.5 Å². The maximum atomic E-state index is 12.2. The average molecular weight is 280 g/mol. The summed E-state index contributed by atoms with van der Waals surface area (Å²) < 4.78 is 0. The van der Waals surface area contributed by atoms with Crippen molar-refractivity contribution < 1.29 is 9.59 Å². The summed E-state index contributed by atoms with van der Waals surface area (Å²) in [6.45, 7) is 4.27. The molecule has 1 amide bonds. The molecule has 4 nitrogen and oxygen atoms in total. The fourth-order valence-corrected chi connectivity index (χ4v) is 2.75. The molecule has 0 spiro atoms. The van der Waals surface area contributed by atoms with E-state index in [4.69, 9.17) is 0 Å². The first-order valence-electron chi connectivity index (χ1n) is 6.96. The highest BCUT2D eigenvalue weighted by Crippen LogP contribution is 2.34. The topological polar surface area (TPSA) is 50.3 Å². The van der Waals surface area contributed by atoms with E-state index in [2.05, 4.69) is 4.98 Å². The molecule has 106 valence electrons. The van der Waals surface area contributed by atoms with E-state index < -0.39 is 11.7 Å². The van der Waals surface area contributed by atoms with Gasteiger partial charge in [-0.15, -0.1) is 0 Å². The van der Waals surface area contributed by atoms with Crippen molar-refractivity contribution in [2.75, 3.05) is 11.4 Å². The predicted molar refractivity (Wildman–Crippen MR) is 80.5 cm³/mol. The lowest BCUT2D eigenvalue weighted by Gasteiger charge is -2.18. The Bertz CT molecular complexity index is 723. The monoisotopic (exact) mass is 280 g/mol. The van der Waals surface area contributed by atoms with Gasteiger partial charge in [-0.25, -0.2) is 0 Å². The van der Waals surface area contributed by atoms with Crippen LogP contribution < -0.4 is 4.90 Å². The van der Waals surface area contributed by atoms with Crippen LogP contribution in [0, 0.1) is 13.8 Å². The van der Waals surface area contributed by atoms with Gasteiger partial charge < -0.3 is 4.90 Å². The van der Waals surface area contributed by atoms with E-state index in [0.717, 1.165) is 22.5 Å². The van der Waals surface area contributed by atoms with Crippen LogP contribution in [-0.2, 0) is 11.2 Å². The maximum absolute atomic E-state index is 12.2. The van der Waals surface area contributed by atoms with Gasteiger partial charge in [-0.1, -0.05) is 18.2 Å². The molecule has 0 radical (unpaired) electrons. The number of Topliss-reactive ketones (excluding diaryl/α,β-unsaturated/α-hetero) is 1. The number of pyridine rings is 1. The van der Waals surface area contributed by atoms with Gasteiger partial charge in [0.1, 0.15) is 0 Å². The number of aryl methyl sites for hydroxylation is 2. The van der Waals surface area contributed by atoms with Crippen LogP contribution in [-0.4, -0.2) is 23.2 Å². The van der Waals surface area contributed by atoms with Crippen molar-refractivity contribution in [3.8, 4) is 0 Å². The summed E-state index contributed by atoms with van der Waals surface area (Å²) >= 11 is 0. The quantitative estimate of drug-likeness (QED) is 0.812. The highest BCUT2D eigenvalue weighted by Gasteiger charge is 2.37. The minimum absolute atomic E-state index is 0.396. The van der Waals surface area contributed by atoms with E-state index in [1.807, 2.05) is 44.2 Å². The van der Waals surface area contributed by atoms with Crippen LogP contribution in [0.15, 0.2) is 36.5 Å². The van der Waals surface area contributed by atoms with E-state index in [1.54, 1.807) is 11.1 Å². The molecule has 2 aromatic rings. The molecule has 0 bridgehead atoms. The van der Waals surface area contributed by atoms with Gasteiger partial charge in [-0.2, -0.15) is 0 Å². The number of benzene rings is 1. The summed E-state index contributed by atoms with van der Waals surface area (Å²) in [5.74, 6) is -0.828. The molecule has 0 fully saturated rings. The highest BCUT2D eigenvalue weighted by molar-refractivity contribution is 6.52. The van der Waals surface area contributed by atoms with Gasteiger partial charge in [-0.3, -0.25) is 14.6 Å². The van der Waals surface area contributed by atoms with Crippen molar-refractivity contribution in [1.29, 1.82) is 0 Å². The van der Waals surface area contributed by atoms with E-state index in [1.165, 1.54) is 0 Å². The maximum Gasteiger partial charge on any atom is 0.299 e. The van der Waals surface area contributed by atoms with Crippen LogP contribution in [0.3, 0.4) is 0 Å². The lowest BCUT2D eigenvalue weighted by atomic mass is 10.0. The van der Waals surface area contributed by atoms with Crippen molar-refractivity contribution in [2.24, 2.45) is 0 Å². The molecule has 1 aliphatic heterocycles. The molecular weight excluding hydrogens is 264 g/mol. The number of hydrogen-bond acceptors (Lipinski definition) is 3. The molecule has 4 heteroatoms. The van der Waals surface area contributed by atoms with Gasteiger partial charge in [0.25, 0.3) is 11.7 Å². The number of fused-ring (bicyclic) bond motifs is 1. The summed E-state index contributed by atoms with van der Waals surface area (Å²) in [5.41, 5.74) is 4.04. The van der Waals surface area contributed by atoms with E-state index in [-0.39, 0.29) is 0 Å². The zero-order chi connectivity index (χ0) is 15.0. The number of nitrogens with zero attached hydrogens (tertiary/aromatic N) is 2. The first kappa shape index (κ1) is 13.5. The molecule has 0 N–H and O–H groups in total. The SMILES string of the molecule is Cc1ccc(C)c2c1C(=O)C(=O)N2CCc1ccccn1. The first-order valence-corrected chi connectivity index (χ1v) is 6.96. The van der Waals surface area contributed by atoms with Crippen molar-refractivity contribution in [3.05, 3.63) is 58.9 Å². The lowest BCUT2D eigenvalue weighted by molar-refractivity contribution is -0.114. The number of rotatable bonds is 3. The lowest BCUT2D eigenvalue weighted by Crippen LogP contribution is -2.32. The molecule has 2 heterocycles. The summed E-state index contributed by atoms with van der Waals surface area (Å²) in [7, 11) is 0. The van der Waals surface area contributed by atoms with Crippen LogP contribution in [0.5, 0.6) is 0 Å². The van der Waals surface area contributed by atoms with Crippen LogP contribution in [0.1, 0.15) is 27.2 Å². The Hall–Kier alpha value is -2.49. The van der Waals surface area contributed by atoms with Crippen molar-refractivity contribution in [1.82, 2.24) is 4.98 Å². The largest absolute Gasteiger partial charge is 0.304 e. The molecule has 1 aromatic carbocycles. The van der Waals surface area contributed by atoms with E-state index >= 15 is 0 Å². The normalized spacial score (nSPS) is 13.7. The van der Waals surface area contributed by atoms with Crippen molar-refractivity contribution in [3.63, 3.8) is 0 Å². The summed E-state index contributed by atoms with van der Waals surface area (Å²) in [6, 6.07) is 9.54. The molecule has 0 aliphatic carbocycles. The number of anilines is 1. The Balaban J connectivity index is 1.93. The summed E-state index contributed by atoms with van der Waals surface area (Å²) in [6.07, 6.45) is 2.36. The molecular formula is C17H16N2O2. The van der Waals surface area contributed by atoms with Crippen molar-refractivity contribution in [2.45, 2.75) is 20.3 Å². The van der Waals surface area contributed by atoms with Gasteiger partial charge in [-0.05, 0) is 37.1 Å². The number of ketones is 1. The molecule has 21 heavy (non-hydrogen) atoms. The van der Waals surface area contributed by atoms with E-state index in [9.17, 15) is 9.59 Å². The average Bonchev–Trinajstić information content (AvgIpc) is 2.75. The number of hydrogen-bond donors (Lipinski definition) is 0. The number of aromatic nitrogens is 1. The third-order valence-corrected chi connectivity index (χ3v) is 3.84. The molecule has 1 aromatic heterocycles. The number of amides is 1. The smallest absolute Gasteiger partial charge is 0.299 e. The Morgan fingerprint density at radius 1 is 1.05 bits per heavy atom. The summed E-state index contributed by atoms with van der Waals surface area (Å²) in [5, 5.41) is 0. The number of carbonyl (C=O) groups excluding carboxylic acids is 2. The zero-order valence-corrected chi connectivity index (χ0v) is 12.1. The van der Waals surface area contributed by atoms with Crippen molar-refractivity contribution >= 4 is 17.4 Å².